The molecule has 1 heterocycles. The minimum absolute atomic E-state index is 0.0511. The highest BCUT2D eigenvalue weighted by atomic mass is 16.5. The zero-order valence-corrected chi connectivity index (χ0v) is 27.1. The highest BCUT2D eigenvalue weighted by Gasteiger charge is 2.31. The summed E-state index contributed by atoms with van der Waals surface area (Å²) in [4.78, 5) is 55.8. The van der Waals surface area contributed by atoms with E-state index in [2.05, 4.69) is 26.2 Å². The highest BCUT2D eigenvalue weighted by molar-refractivity contribution is 5.95. The molecular weight excluding hydrogens is 586 g/mol. The van der Waals surface area contributed by atoms with Gasteiger partial charge in [0.15, 0.2) is 0 Å². The van der Waals surface area contributed by atoms with E-state index in [1.165, 1.54) is 0 Å². The largest absolute Gasteiger partial charge is 0.379 e. The molecule has 12 heteroatoms. The third-order valence-electron chi connectivity index (χ3n) is 7.80. The second-order valence-corrected chi connectivity index (χ2v) is 12.2. The van der Waals surface area contributed by atoms with Crippen LogP contribution < -0.4 is 32.7 Å². The van der Waals surface area contributed by atoms with Crippen LogP contribution in [0.5, 0.6) is 0 Å². The fourth-order valence-corrected chi connectivity index (χ4v) is 5.21. The fourth-order valence-electron chi connectivity index (χ4n) is 5.21. The molecule has 0 unspecified atom stereocenters. The van der Waals surface area contributed by atoms with Gasteiger partial charge in [-0.3, -0.25) is 24.1 Å². The van der Waals surface area contributed by atoms with Crippen molar-refractivity contribution in [1.29, 1.82) is 0 Å². The number of nitrogens with one attached hydrogen (secondary N) is 4. The average molecular weight is 638 g/mol. The van der Waals surface area contributed by atoms with Crippen molar-refractivity contribution in [2.45, 2.75) is 70.1 Å². The van der Waals surface area contributed by atoms with Crippen molar-refractivity contribution in [3.8, 4) is 0 Å². The lowest BCUT2D eigenvalue weighted by atomic mass is 10.00. The summed E-state index contributed by atoms with van der Waals surface area (Å²) in [6.07, 6.45) is 1.73. The molecule has 1 aliphatic rings. The number of rotatable bonds is 18. The van der Waals surface area contributed by atoms with Gasteiger partial charge < -0.3 is 37.5 Å². The quantitative estimate of drug-likeness (QED) is 0.136. The smallest absolute Gasteiger partial charge is 0.243 e. The number of hydrogen-bond acceptors (Lipinski definition) is 8. The molecule has 8 N–H and O–H groups in total. The molecule has 0 aliphatic carbocycles. The van der Waals surface area contributed by atoms with E-state index in [4.69, 9.17) is 16.2 Å². The summed E-state index contributed by atoms with van der Waals surface area (Å²) in [6, 6.07) is 15.1. The molecule has 12 nitrogen and oxygen atoms in total. The molecule has 1 aliphatic heterocycles. The van der Waals surface area contributed by atoms with Crippen molar-refractivity contribution in [3.63, 3.8) is 0 Å². The summed E-state index contributed by atoms with van der Waals surface area (Å²) in [6.45, 7) is 7.22. The van der Waals surface area contributed by atoms with Crippen molar-refractivity contribution >= 4 is 23.6 Å². The molecule has 0 aromatic heterocycles. The Morgan fingerprint density at radius 2 is 1.30 bits per heavy atom. The molecule has 1 saturated heterocycles. The maximum Gasteiger partial charge on any atom is 0.243 e. The number of benzene rings is 2. The molecule has 0 radical (unpaired) electrons. The van der Waals surface area contributed by atoms with Gasteiger partial charge in [0.25, 0.3) is 0 Å². The van der Waals surface area contributed by atoms with E-state index < -0.39 is 41.9 Å². The zero-order valence-electron chi connectivity index (χ0n) is 27.1. The molecule has 252 valence electrons. The van der Waals surface area contributed by atoms with Gasteiger partial charge in [-0.1, -0.05) is 74.5 Å². The first-order valence-corrected chi connectivity index (χ1v) is 16.2. The lowest BCUT2D eigenvalue weighted by Crippen LogP contribution is -2.59. The van der Waals surface area contributed by atoms with Crippen molar-refractivity contribution in [1.82, 2.24) is 26.2 Å². The van der Waals surface area contributed by atoms with E-state index in [1.54, 1.807) is 0 Å². The second-order valence-electron chi connectivity index (χ2n) is 12.2. The molecule has 1 fully saturated rings. The Morgan fingerprint density at radius 3 is 1.89 bits per heavy atom. The Kier molecular flexibility index (Phi) is 15.6. The van der Waals surface area contributed by atoms with Crippen LogP contribution in [-0.4, -0.2) is 92.2 Å². The molecule has 0 bridgehead atoms. The van der Waals surface area contributed by atoms with Crippen LogP contribution in [0.3, 0.4) is 0 Å². The summed E-state index contributed by atoms with van der Waals surface area (Å²) in [5.41, 5.74) is 13.7. The molecule has 4 atom stereocenters. The van der Waals surface area contributed by atoms with E-state index in [0.29, 0.717) is 65.2 Å². The van der Waals surface area contributed by atoms with Crippen LogP contribution >= 0.6 is 0 Å². The van der Waals surface area contributed by atoms with Gasteiger partial charge in [0.05, 0.1) is 25.9 Å². The lowest BCUT2D eigenvalue weighted by molar-refractivity contribution is -0.134. The van der Waals surface area contributed by atoms with E-state index in [1.807, 2.05) is 74.5 Å². The summed E-state index contributed by atoms with van der Waals surface area (Å²) in [5, 5.41) is 11.4. The first kappa shape index (κ1) is 36.6. The third kappa shape index (κ3) is 12.9. The molecule has 2 aromatic rings. The standard InChI is InChI=1S/C34H51N7O5/c1-24(2)20-29(33(44)38-28(14-9-15-35)32(43)37-23-41-16-18-46-19-17-41)40-34(45)30(22-26-12-7-4-8-13-26)39-31(42)27(36)21-25-10-5-3-6-11-25/h3-8,10-13,24,27-30H,9,14-23,35-36H2,1-2H3,(H,37,43)(H,38,44)(H,39,42)(H,40,45)/t27-,28-,29-,30-/m1/s1. The number of carbonyl (C=O) groups is 4. The van der Waals surface area contributed by atoms with E-state index in [9.17, 15) is 19.2 Å². The predicted molar refractivity (Wildman–Crippen MR) is 177 cm³/mol. The average Bonchev–Trinajstić information content (AvgIpc) is 3.05. The van der Waals surface area contributed by atoms with Gasteiger partial charge in [0.1, 0.15) is 18.1 Å². The van der Waals surface area contributed by atoms with Crippen LogP contribution in [0.15, 0.2) is 60.7 Å². The molecule has 46 heavy (non-hydrogen) atoms. The van der Waals surface area contributed by atoms with Gasteiger partial charge in [0, 0.05) is 19.5 Å². The van der Waals surface area contributed by atoms with Crippen molar-refractivity contribution < 1.29 is 23.9 Å². The van der Waals surface area contributed by atoms with E-state index in [-0.39, 0.29) is 18.2 Å². The number of nitrogens with two attached hydrogens (primary N) is 2. The number of carbonyl (C=O) groups excluding carboxylic acids is 4. The Morgan fingerprint density at radius 1 is 0.761 bits per heavy atom. The molecular formula is C34H51N7O5. The number of ether oxygens (including phenoxy) is 1. The predicted octanol–water partition coefficient (Wildman–Crippen LogP) is 0.444. The van der Waals surface area contributed by atoms with Crippen LogP contribution in [0.2, 0.25) is 0 Å². The van der Waals surface area contributed by atoms with Crippen molar-refractivity contribution in [2.24, 2.45) is 17.4 Å². The van der Waals surface area contributed by atoms with Crippen LogP contribution in [-0.2, 0) is 36.8 Å². The topological polar surface area (TPSA) is 181 Å². The normalized spacial score (nSPS) is 16.1. The molecule has 3 rings (SSSR count). The summed E-state index contributed by atoms with van der Waals surface area (Å²) < 4.78 is 5.37. The second kappa shape index (κ2) is 19.6. The Bertz CT molecular complexity index is 1220. The lowest BCUT2D eigenvalue weighted by Gasteiger charge is -2.29. The molecule has 0 saturated carbocycles. The van der Waals surface area contributed by atoms with Crippen molar-refractivity contribution in [3.05, 3.63) is 71.8 Å². The Hall–Kier alpha value is -3.84. The number of nitrogens with zero attached hydrogens (tertiary/aromatic N) is 1. The number of hydrogen-bond donors (Lipinski definition) is 6. The summed E-state index contributed by atoms with van der Waals surface area (Å²) in [7, 11) is 0. The molecule has 0 spiro atoms. The number of amides is 4. The van der Waals surface area contributed by atoms with Crippen LogP contribution in [0.4, 0.5) is 0 Å². The first-order chi connectivity index (χ1) is 22.2. The molecule has 4 amide bonds. The van der Waals surface area contributed by atoms with E-state index >= 15 is 0 Å². The Labute approximate surface area is 272 Å². The van der Waals surface area contributed by atoms with Crippen LogP contribution in [0.1, 0.15) is 44.2 Å². The first-order valence-electron chi connectivity index (χ1n) is 16.2. The monoisotopic (exact) mass is 637 g/mol. The Balaban J connectivity index is 1.71. The minimum Gasteiger partial charge on any atom is -0.379 e. The van der Waals surface area contributed by atoms with Gasteiger partial charge in [0.2, 0.25) is 23.6 Å². The van der Waals surface area contributed by atoms with Crippen LogP contribution in [0.25, 0.3) is 0 Å². The zero-order chi connectivity index (χ0) is 33.3. The maximum absolute atomic E-state index is 13.8. The summed E-state index contributed by atoms with van der Waals surface area (Å²) in [5.74, 6) is -1.72. The van der Waals surface area contributed by atoms with Crippen LogP contribution in [0, 0.1) is 5.92 Å². The number of morpholine rings is 1. The third-order valence-corrected chi connectivity index (χ3v) is 7.80. The minimum atomic E-state index is -0.982. The SMILES string of the molecule is CC(C)C[C@@H](NC(=O)[C@@H](Cc1ccccc1)NC(=O)[C@H](N)Cc1ccccc1)C(=O)N[C@H](CCCN)C(=O)NCN1CCOCC1. The summed E-state index contributed by atoms with van der Waals surface area (Å²) >= 11 is 0. The highest BCUT2D eigenvalue weighted by Crippen LogP contribution is 2.10. The van der Waals surface area contributed by atoms with Gasteiger partial charge in [-0.25, -0.2) is 0 Å². The maximum atomic E-state index is 13.8. The fraction of sp³-hybridized carbons (Fsp3) is 0.529. The molecule has 2 aromatic carbocycles. The van der Waals surface area contributed by atoms with Gasteiger partial charge in [-0.05, 0) is 49.3 Å². The van der Waals surface area contributed by atoms with E-state index in [0.717, 1.165) is 11.1 Å². The van der Waals surface area contributed by atoms with Gasteiger partial charge in [-0.2, -0.15) is 0 Å². The van der Waals surface area contributed by atoms with Crippen molar-refractivity contribution in [2.75, 3.05) is 39.5 Å². The van der Waals surface area contributed by atoms with Gasteiger partial charge in [-0.15, -0.1) is 0 Å². The van der Waals surface area contributed by atoms with Gasteiger partial charge >= 0.3 is 0 Å².